The molecule has 1 amide bonds. The molecule has 1 aliphatic heterocycles. The normalized spacial score (nSPS) is 17.7. The minimum absolute atomic E-state index is 0.0608. The molecule has 0 saturated heterocycles. The topological polar surface area (TPSA) is 54.5 Å². The number of halogens is 1. The first-order chi connectivity index (χ1) is 12.8. The summed E-state index contributed by atoms with van der Waals surface area (Å²) in [6, 6.07) is 8.42. The fourth-order valence-electron chi connectivity index (χ4n) is 3.43. The SMILES string of the molecule is CCN(Cc1ccccc1F)C(=O)c1cnc2c(c1)[C@@H](NC)CC(C)(C)O2. The number of hydrogen-bond donors (Lipinski definition) is 1. The molecule has 0 fully saturated rings. The van der Waals surface area contributed by atoms with Crippen LogP contribution in [-0.4, -0.2) is 35.0 Å². The maximum absolute atomic E-state index is 14.0. The van der Waals surface area contributed by atoms with Gasteiger partial charge in [0.25, 0.3) is 5.91 Å². The molecule has 1 N–H and O–H groups in total. The molecule has 1 aromatic heterocycles. The second-order valence-electron chi connectivity index (χ2n) is 7.44. The maximum atomic E-state index is 14.0. The molecule has 2 heterocycles. The van der Waals surface area contributed by atoms with Gasteiger partial charge in [-0.2, -0.15) is 0 Å². The summed E-state index contributed by atoms with van der Waals surface area (Å²) < 4.78 is 19.9. The van der Waals surface area contributed by atoms with Gasteiger partial charge in [0.2, 0.25) is 5.88 Å². The molecule has 1 aliphatic rings. The third-order valence-corrected chi connectivity index (χ3v) is 4.91. The number of fused-ring (bicyclic) bond motifs is 1. The summed E-state index contributed by atoms with van der Waals surface area (Å²) in [4.78, 5) is 19.0. The van der Waals surface area contributed by atoms with E-state index in [1.54, 1.807) is 29.3 Å². The van der Waals surface area contributed by atoms with Gasteiger partial charge in [-0.05, 0) is 40.0 Å². The van der Waals surface area contributed by atoms with E-state index in [0.29, 0.717) is 23.6 Å². The van der Waals surface area contributed by atoms with Crippen LogP contribution in [0.25, 0.3) is 0 Å². The molecule has 144 valence electrons. The number of pyridine rings is 1. The Bertz CT molecular complexity index is 838. The van der Waals surface area contributed by atoms with Crippen molar-refractivity contribution in [3.05, 3.63) is 59.0 Å². The van der Waals surface area contributed by atoms with Crippen LogP contribution in [0.1, 0.15) is 54.7 Å². The highest BCUT2D eigenvalue weighted by atomic mass is 19.1. The van der Waals surface area contributed by atoms with Crippen molar-refractivity contribution in [2.75, 3.05) is 13.6 Å². The van der Waals surface area contributed by atoms with Crippen LogP contribution in [0.4, 0.5) is 4.39 Å². The van der Waals surface area contributed by atoms with Crippen LogP contribution in [-0.2, 0) is 6.54 Å². The molecule has 3 rings (SSSR count). The molecule has 1 atom stereocenters. The van der Waals surface area contributed by atoms with Crippen molar-refractivity contribution >= 4 is 5.91 Å². The second kappa shape index (κ2) is 7.64. The van der Waals surface area contributed by atoms with Gasteiger partial charge in [0.1, 0.15) is 11.4 Å². The van der Waals surface area contributed by atoms with Crippen LogP contribution in [0.15, 0.2) is 36.5 Å². The van der Waals surface area contributed by atoms with Gasteiger partial charge in [0.15, 0.2) is 0 Å². The lowest BCUT2D eigenvalue weighted by atomic mass is 9.90. The molecule has 1 aromatic carbocycles. The lowest BCUT2D eigenvalue weighted by Gasteiger charge is -2.36. The van der Waals surface area contributed by atoms with E-state index in [2.05, 4.69) is 10.3 Å². The Hall–Kier alpha value is -2.47. The molecule has 0 aliphatic carbocycles. The second-order valence-corrected chi connectivity index (χ2v) is 7.44. The predicted octanol–water partition coefficient (Wildman–Crippen LogP) is 3.70. The Balaban J connectivity index is 1.87. The van der Waals surface area contributed by atoms with Gasteiger partial charge in [0, 0.05) is 42.9 Å². The zero-order valence-corrected chi connectivity index (χ0v) is 16.3. The number of benzene rings is 1. The number of nitrogens with one attached hydrogen (secondary N) is 1. The van der Waals surface area contributed by atoms with Gasteiger partial charge in [-0.15, -0.1) is 0 Å². The monoisotopic (exact) mass is 371 g/mol. The van der Waals surface area contributed by atoms with E-state index < -0.39 is 0 Å². The van der Waals surface area contributed by atoms with Crippen molar-refractivity contribution in [2.45, 2.75) is 45.4 Å². The molecular weight excluding hydrogens is 345 g/mol. The molecule has 0 spiro atoms. The largest absolute Gasteiger partial charge is 0.471 e. The van der Waals surface area contributed by atoms with E-state index in [4.69, 9.17) is 4.74 Å². The van der Waals surface area contributed by atoms with Crippen LogP contribution in [0.3, 0.4) is 0 Å². The third kappa shape index (κ3) is 4.11. The predicted molar refractivity (Wildman–Crippen MR) is 102 cm³/mol. The van der Waals surface area contributed by atoms with Crippen molar-refractivity contribution in [1.29, 1.82) is 0 Å². The molecule has 0 saturated carbocycles. The van der Waals surface area contributed by atoms with Gasteiger partial charge < -0.3 is 15.0 Å². The number of hydrogen-bond acceptors (Lipinski definition) is 4. The molecule has 6 heteroatoms. The zero-order valence-electron chi connectivity index (χ0n) is 16.3. The first-order valence-corrected chi connectivity index (χ1v) is 9.23. The number of carbonyl (C=O) groups excluding carboxylic acids is 1. The van der Waals surface area contributed by atoms with E-state index >= 15 is 0 Å². The summed E-state index contributed by atoms with van der Waals surface area (Å²) in [7, 11) is 1.89. The summed E-state index contributed by atoms with van der Waals surface area (Å²) >= 11 is 0. The van der Waals surface area contributed by atoms with Crippen LogP contribution in [0.2, 0.25) is 0 Å². The average Bonchev–Trinajstić information content (AvgIpc) is 2.65. The van der Waals surface area contributed by atoms with Crippen molar-refractivity contribution in [3.8, 4) is 5.88 Å². The highest BCUT2D eigenvalue weighted by molar-refractivity contribution is 5.94. The van der Waals surface area contributed by atoms with Gasteiger partial charge in [-0.25, -0.2) is 9.37 Å². The summed E-state index contributed by atoms with van der Waals surface area (Å²) in [6.45, 7) is 6.62. The van der Waals surface area contributed by atoms with Crippen molar-refractivity contribution in [2.24, 2.45) is 0 Å². The van der Waals surface area contributed by atoms with Crippen LogP contribution in [0.5, 0.6) is 5.88 Å². The summed E-state index contributed by atoms with van der Waals surface area (Å²) in [5, 5.41) is 3.28. The third-order valence-electron chi connectivity index (χ3n) is 4.91. The fourth-order valence-corrected chi connectivity index (χ4v) is 3.43. The molecule has 5 nitrogen and oxygen atoms in total. The summed E-state index contributed by atoms with van der Waals surface area (Å²) in [5.41, 5.74) is 1.54. The molecular formula is C21H26FN3O2. The van der Waals surface area contributed by atoms with Gasteiger partial charge in [-0.1, -0.05) is 18.2 Å². The molecule has 0 bridgehead atoms. The Morgan fingerprint density at radius 1 is 1.41 bits per heavy atom. The Morgan fingerprint density at radius 2 is 2.15 bits per heavy atom. The Labute approximate surface area is 159 Å². The zero-order chi connectivity index (χ0) is 19.6. The van der Waals surface area contributed by atoms with E-state index in [1.807, 2.05) is 33.9 Å². The smallest absolute Gasteiger partial charge is 0.255 e. The number of carbonyl (C=O) groups is 1. The first kappa shape index (κ1) is 19.3. The van der Waals surface area contributed by atoms with Crippen LogP contribution in [0, 0.1) is 5.82 Å². The van der Waals surface area contributed by atoms with Crippen LogP contribution < -0.4 is 10.1 Å². The lowest BCUT2D eigenvalue weighted by molar-refractivity contribution is 0.0611. The molecule has 0 unspecified atom stereocenters. The standard InChI is InChI=1S/C21H26FN3O2/c1-5-25(13-14-8-6-7-9-17(14)22)20(26)15-10-16-18(23-4)11-21(2,3)27-19(16)24-12-15/h6-10,12,18,23H,5,11,13H2,1-4H3/t18-/m0/s1. The Kier molecular flexibility index (Phi) is 5.46. The van der Waals surface area contributed by atoms with E-state index in [1.165, 1.54) is 6.07 Å². The van der Waals surface area contributed by atoms with Crippen molar-refractivity contribution < 1.29 is 13.9 Å². The number of nitrogens with zero attached hydrogens (tertiary/aromatic N) is 2. The number of rotatable bonds is 5. The minimum Gasteiger partial charge on any atom is -0.471 e. The maximum Gasteiger partial charge on any atom is 0.255 e. The van der Waals surface area contributed by atoms with E-state index in [-0.39, 0.29) is 29.9 Å². The van der Waals surface area contributed by atoms with E-state index in [9.17, 15) is 9.18 Å². The molecule has 2 aromatic rings. The van der Waals surface area contributed by atoms with Gasteiger partial charge >= 0.3 is 0 Å². The lowest BCUT2D eigenvalue weighted by Crippen LogP contribution is -2.39. The quantitative estimate of drug-likeness (QED) is 0.871. The summed E-state index contributed by atoms with van der Waals surface area (Å²) in [6.07, 6.45) is 2.32. The van der Waals surface area contributed by atoms with Crippen molar-refractivity contribution in [3.63, 3.8) is 0 Å². The first-order valence-electron chi connectivity index (χ1n) is 9.23. The number of aromatic nitrogens is 1. The minimum atomic E-state index is -0.320. The molecule has 27 heavy (non-hydrogen) atoms. The summed E-state index contributed by atoms with van der Waals surface area (Å²) in [5.74, 6) is 0.0771. The highest BCUT2D eigenvalue weighted by Gasteiger charge is 2.34. The van der Waals surface area contributed by atoms with Crippen molar-refractivity contribution in [1.82, 2.24) is 15.2 Å². The Morgan fingerprint density at radius 3 is 2.81 bits per heavy atom. The number of amides is 1. The van der Waals surface area contributed by atoms with Gasteiger partial charge in [-0.3, -0.25) is 4.79 Å². The molecule has 0 radical (unpaired) electrons. The highest BCUT2D eigenvalue weighted by Crippen LogP contribution is 2.38. The van der Waals surface area contributed by atoms with Gasteiger partial charge in [0.05, 0.1) is 5.56 Å². The van der Waals surface area contributed by atoms with Crippen LogP contribution >= 0.6 is 0 Å². The fraction of sp³-hybridized carbons (Fsp3) is 0.429. The average molecular weight is 371 g/mol. The van der Waals surface area contributed by atoms with E-state index in [0.717, 1.165) is 12.0 Å². The number of ether oxygens (including phenoxy) is 1.